The van der Waals surface area contributed by atoms with Crippen LogP contribution in [0.3, 0.4) is 0 Å². The van der Waals surface area contributed by atoms with Crippen LogP contribution in [0.1, 0.15) is 12.0 Å². The van der Waals surface area contributed by atoms with Crippen molar-refractivity contribution in [3.63, 3.8) is 0 Å². The normalized spacial score (nSPS) is 18.5. The molecule has 3 rings (SSSR count). The smallest absolute Gasteiger partial charge is 0.161 e. The molecule has 1 aliphatic rings. The van der Waals surface area contributed by atoms with E-state index < -0.39 is 0 Å². The molecule has 1 fully saturated rings. The molecule has 5 heteroatoms. The summed E-state index contributed by atoms with van der Waals surface area (Å²) < 4.78 is 0. The molecular weight excluding hydrogens is 254 g/mol. The van der Waals surface area contributed by atoms with Crippen molar-refractivity contribution in [1.29, 1.82) is 0 Å². The molecule has 0 radical (unpaired) electrons. The minimum atomic E-state index is -0.266. The molecule has 1 unspecified atom stereocenters. The Labute approximate surface area is 117 Å². The summed E-state index contributed by atoms with van der Waals surface area (Å²) in [5.74, 6) is 1.51. The number of nitrogens with zero attached hydrogens (tertiary/aromatic N) is 3. The van der Waals surface area contributed by atoms with Crippen molar-refractivity contribution in [1.82, 2.24) is 9.97 Å². The number of aromatic nitrogens is 2. The zero-order valence-electron chi connectivity index (χ0n) is 11.1. The van der Waals surface area contributed by atoms with Gasteiger partial charge in [-0.05, 0) is 18.1 Å². The zero-order chi connectivity index (χ0) is 13.9. The number of aliphatic hydroxyl groups excluding tert-OH is 2. The van der Waals surface area contributed by atoms with E-state index in [0.29, 0.717) is 12.4 Å². The first-order valence-corrected chi connectivity index (χ1v) is 6.72. The van der Waals surface area contributed by atoms with Crippen LogP contribution in [0, 0.1) is 0 Å². The molecule has 0 spiro atoms. The maximum Gasteiger partial charge on any atom is 0.161 e. The Kier molecular flexibility index (Phi) is 3.62. The third-order valence-corrected chi connectivity index (χ3v) is 3.52. The van der Waals surface area contributed by atoms with Gasteiger partial charge in [0.25, 0.3) is 0 Å². The minimum Gasteiger partial charge on any atom is -0.392 e. The molecule has 0 saturated carbocycles. The Morgan fingerprint density at radius 3 is 2.65 bits per heavy atom. The van der Waals surface area contributed by atoms with Crippen molar-refractivity contribution >= 4 is 5.82 Å². The maximum absolute atomic E-state index is 9.60. The molecule has 1 saturated heterocycles. The van der Waals surface area contributed by atoms with Gasteiger partial charge in [-0.15, -0.1) is 0 Å². The predicted octanol–water partition coefficient (Wildman–Crippen LogP) is 1.21. The van der Waals surface area contributed by atoms with Crippen LogP contribution in [0.4, 0.5) is 5.82 Å². The van der Waals surface area contributed by atoms with E-state index in [1.165, 1.54) is 0 Å². The lowest BCUT2D eigenvalue weighted by Crippen LogP contribution is -2.22. The summed E-state index contributed by atoms with van der Waals surface area (Å²) in [6.45, 7) is 1.48. The molecule has 0 aliphatic carbocycles. The summed E-state index contributed by atoms with van der Waals surface area (Å²) in [5, 5.41) is 18.6. The summed E-state index contributed by atoms with van der Waals surface area (Å²) >= 11 is 0. The average Bonchev–Trinajstić information content (AvgIpc) is 2.94. The quantitative estimate of drug-likeness (QED) is 0.878. The van der Waals surface area contributed by atoms with Gasteiger partial charge in [-0.1, -0.05) is 24.3 Å². The second-order valence-electron chi connectivity index (χ2n) is 4.98. The third-order valence-electron chi connectivity index (χ3n) is 3.52. The number of benzene rings is 1. The van der Waals surface area contributed by atoms with E-state index in [4.69, 9.17) is 5.11 Å². The van der Waals surface area contributed by atoms with Crippen molar-refractivity contribution in [3.8, 4) is 11.4 Å². The molecule has 1 aromatic heterocycles. The highest BCUT2D eigenvalue weighted by Gasteiger charge is 2.21. The van der Waals surface area contributed by atoms with Gasteiger partial charge in [0, 0.05) is 24.8 Å². The number of hydrogen-bond donors (Lipinski definition) is 2. The topological polar surface area (TPSA) is 69.5 Å². The fourth-order valence-electron chi connectivity index (χ4n) is 2.37. The van der Waals surface area contributed by atoms with Gasteiger partial charge in [0.15, 0.2) is 5.82 Å². The molecule has 1 aromatic carbocycles. The second kappa shape index (κ2) is 5.56. The molecule has 0 bridgehead atoms. The average molecular weight is 271 g/mol. The summed E-state index contributed by atoms with van der Waals surface area (Å²) in [4.78, 5) is 10.9. The molecule has 2 N–H and O–H groups in total. The standard InChI is InChI=1S/C15H17N3O2/c19-10-11-1-3-12(4-2-11)15-16-7-5-14(17-15)18-8-6-13(20)9-18/h1-5,7,13,19-20H,6,8-10H2. The molecule has 20 heavy (non-hydrogen) atoms. The van der Waals surface area contributed by atoms with Crippen LogP contribution in [0.15, 0.2) is 36.5 Å². The van der Waals surface area contributed by atoms with Crippen LogP contribution < -0.4 is 4.90 Å². The van der Waals surface area contributed by atoms with Crippen molar-refractivity contribution < 1.29 is 10.2 Å². The lowest BCUT2D eigenvalue weighted by atomic mass is 10.1. The number of aliphatic hydroxyl groups is 2. The van der Waals surface area contributed by atoms with Crippen molar-refractivity contribution in [2.24, 2.45) is 0 Å². The van der Waals surface area contributed by atoms with E-state index in [9.17, 15) is 5.11 Å². The second-order valence-corrected chi connectivity index (χ2v) is 4.98. The Morgan fingerprint density at radius 2 is 2.00 bits per heavy atom. The molecule has 5 nitrogen and oxygen atoms in total. The van der Waals surface area contributed by atoms with Crippen LogP contribution in [-0.2, 0) is 6.61 Å². The lowest BCUT2D eigenvalue weighted by Gasteiger charge is -2.16. The first kappa shape index (κ1) is 13.0. The van der Waals surface area contributed by atoms with Gasteiger partial charge >= 0.3 is 0 Å². The zero-order valence-corrected chi connectivity index (χ0v) is 11.1. The molecule has 1 atom stereocenters. The number of rotatable bonds is 3. The maximum atomic E-state index is 9.60. The molecule has 1 aliphatic heterocycles. The minimum absolute atomic E-state index is 0.0346. The van der Waals surface area contributed by atoms with Crippen molar-refractivity contribution in [2.45, 2.75) is 19.1 Å². The Balaban J connectivity index is 1.86. The summed E-state index contributed by atoms with van der Waals surface area (Å²) in [6, 6.07) is 9.41. The lowest BCUT2D eigenvalue weighted by molar-refractivity contribution is 0.198. The van der Waals surface area contributed by atoms with E-state index >= 15 is 0 Å². The summed E-state index contributed by atoms with van der Waals surface area (Å²) in [5.41, 5.74) is 1.79. The SMILES string of the molecule is OCc1ccc(-c2nccc(N3CCC(O)C3)n2)cc1. The Morgan fingerprint density at radius 1 is 1.20 bits per heavy atom. The van der Waals surface area contributed by atoms with Gasteiger partial charge < -0.3 is 15.1 Å². The van der Waals surface area contributed by atoms with Crippen LogP contribution in [0.5, 0.6) is 0 Å². The Hall–Kier alpha value is -1.98. The van der Waals surface area contributed by atoms with Gasteiger partial charge in [-0.25, -0.2) is 9.97 Å². The van der Waals surface area contributed by atoms with E-state index in [2.05, 4.69) is 14.9 Å². The van der Waals surface area contributed by atoms with E-state index in [0.717, 1.165) is 29.9 Å². The first-order valence-electron chi connectivity index (χ1n) is 6.72. The Bertz CT molecular complexity index is 586. The highest BCUT2D eigenvalue weighted by Crippen LogP contribution is 2.21. The van der Waals surface area contributed by atoms with Crippen molar-refractivity contribution in [2.75, 3.05) is 18.0 Å². The molecule has 2 heterocycles. The van der Waals surface area contributed by atoms with E-state index in [1.807, 2.05) is 30.3 Å². The highest BCUT2D eigenvalue weighted by molar-refractivity contribution is 5.57. The molecule has 0 amide bonds. The number of anilines is 1. The molecule has 104 valence electrons. The fraction of sp³-hybridized carbons (Fsp3) is 0.333. The summed E-state index contributed by atoms with van der Waals surface area (Å²) in [6.07, 6.45) is 2.25. The fourth-order valence-corrected chi connectivity index (χ4v) is 2.37. The van der Waals surface area contributed by atoms with E-state index in [-0.39, 0.29) is 12.7 Å². The first-order chi connectivity index (χ1) is 9.76. The molecule has 2 aromatic rings. The third kappa shape index (κ3) is 2.64. The molecular formula is C15H17N3O2. The van der Waals surface area contributed by atoms with Gasteiger partial charge in [-0.2, -0.15) is 0 Å². The highest BCUT2D eigenvalue weighted by atomic mass is 16.3. The monoisotopic (exact) mass is 271 g/mol. The van der Waals surface area contributed by atoms with Crippen LogP contribution in [0.2, 0.25) is 0 Å². The van der Waals surface area contributed by atoms with Gasteiger partial charge in [0.2, 0.25) is 0 Å². The van der Waals surface area contributed by atoms with Crippen LogP contribution in [0.25, 0.3) is 11.4 Å². The van der Waals surface area contributed by atoms with Crippen LogP contribution >= 0.6 is 0 Å². The van der Waals surface area contributed by atoms with Gasteiger partial charge in [-0.3, -0.25) is 0 Å². The summed E-state index contributed by atoms with van der Waals surface area (Å²) in [7, 11) is 0. The number of hydrogen-bond acceptors (Lipinski definition) is 5. The van der Waals surface area contributed by atoms with Crippen LogP contribution in [-0.4, -0.2) is 39.4 Å². The van der Waals surface area contributed by atoms with E-state index in [1.54, 1.807) is 6.20 Å². The van der Waals surface area contributed by atoms with Crippen molar-refractivity contribution in [3.05, 3.63) is 42.1 Å². The van der Waals surface area contributed by atoms with Gasteiger partial charge in [0.05, 0.1) is 12.7 Å². The number of β-amino-alcohol motifs (C(OH)–C–C–N with tert-alkyl or cyclic N) is 1. The van der Waals surface area contributed by atoms with Gasteiger partial charge in [0.1, 0.15) is 5.82 Å². The largest absolute Gasteiger partial charge is 0.392 e. The predicted molar refractivity (Wildman–Crippen MR) is 76.2 cm³/mol.